The van der Waals surface area contributed by atoms with E-state index in [0.29, 0.717) is 28.7 Å². The smallest absolute Gasteiger partial charge is 0.196 e. The maximum absolute atomic E-state index is 14.0. The molecule has 0 bridgehead atoms. The lowest BCUT2D eigenvalue weighted by Gasteiger charge is -2.08. The molecule has 2 aliphatic carbocycles. The van der Waals surface area contributed by atoms with Crippen molar-refractivity contribution in [2.45, 2.75) is 47.7 Å². The van der Waals surface area contributed by atoms with Gasteiger partial charge in [-0.05, 0) is 49.6 Å². The largest absolute Gasteiger partial charge is 0.302 e. The SMILES string of the molecule is O=Cc1ccc(Sc2nnc(C3CC3)n2C2CC2)c(F)c1. The Balaban J connectivity index is 1.66. The van der Waals surface area contributed by atoms with Crippen molar-refractivity contribution < 1.29 is 9.18 Å². The first-order valence-electron chi connectivity index (χ1n) is 7.13. The number of hydrogen-bond acceptors (Lipinski definition) is 4. The fourth-order valence-electron chi connectivity index (χ4n) is 2.43. The van der Waals surface area contributed by atoms with E-state index in [4.69, 9.17) is 0 Å². The number of carbonyl (C=O) groups excluding carboxylic acids is 1. The standard InChI is InChI=1S/C15H14FN3OS/c16-12-7-9(8-20)1-6-13(12)21-15-18-17-14(10-2-3-10)19(15)11-4-5-11/h1,6-8,10-11H,2-5H2. The molecule has 4 nitrogen and oxygen atoms in total. The molecule has 1 aromatic carbocycles. The van der Waals surface area contributed by atoms with E-state index >= 15 is 0 Å². The van der Waals surface area contributed by atoms with Gasteiger partial charge in [-0.1, -0.05) is 6.07 Å². The summed E-state index contributed by atoms with van der Waals surface area (Å²) in [6.07, 6.45) is 5.31. The Morgan fingerprint density at radius 3 is 2.67 bits per heavy atom. The Hall–Kier alpha value is -1.69. The van der Waals surface area contributed by atoms with Gasteiger partial charge in [0.1, 0.15) is 17.9 Å². The Morgan fingerprint density at radius 1 is 1.24 bits per heavy atom. The van der Waals surface area contributed by atoms with Crippen LogP contribution in [0.2, 0.25) is 0 Å². The third kappa shape index (κ3) is 2.48. The topological polar surface area (TPSA) is 47.8 Å². The second-order valence-corrected chi connectivity index (χ2v) is 6.64. The van der Waals surface area contributed by atoms with Crippen molar-refractivity contribution in [3.8, 4) is 0 Å². The van der Waals surface area contributed by atoms with E-state index in [1.165, 1.54) is 30.7 Å². The van der Waals surface area contributed by atoms with Gasteiger partial charge in [-0.15, -0.1) is 10.2 Å². The molecule has 2 saturated carbocycles. The van der Waals surface area contributed by atoms with Crippen LogP contribution >= 0.6 is 11.8 Å². The summed E-state index contributed by atoms with van der Waals surface area (Å²) in [6, 6.07) is 5.00. The van der Waals surface area contributed by atoms with Crippen molar-refractivity contribution in [1.82, 2.24) is 14.8 Å². The van der Waals surface area contributed by atoms with Crippen LogP contribution in [0, 0.1) is 5.82 Å². The summed E-state index contributed by atoms with van der Waals surface area (Å²) in [5, 5.41) is 9.33. The number of benzene rings is 1. The van der Waals surface area contributed by atoms with Crippen LogP contribution in [0.5, 0.6) is 0 Å². The van der Waals surface area contributed by atoms with Gasteiger partial charge in [0.25, 0.3) is 0 Å². The van der Waals surface area contributed by atoms with Crippen LogP contribution in [-0.4, -0.2) is 21.1 Å². The summed E-state index contributed by atoms with van der Waals surface area (Å²) in [7, 11) is 0. The van der Waals surface area contributed by atoms with Crippen molar-refractivity contribution in [1.29, 1.82) is 0 Å². The number of hydrogen-bond donors (Lipinski definition) is 0. The minimum absolute atomic E-state index is 0.346. The van der Waals surface area contributed by atoms with Crippen LogP contribution in [0.3, 0.4) is 0 Å². The van der Waals surface area contributed by atoms with Crippen LogP contribution in [-0.2, 0) is 0 Å². The number of rotatable bonds is 5. The highest BCUT2D eigenvalue weighted by molar-refractivity contribution is 7.99. The van der Waals surface area contributed by atoms with Crippen molar-refractivity contribution >= 4 is 18.0 Å². The average Bonchev–Trinajstić information content (AvgIpc) is 3.40. The summed E-state index contributed by atoms with van der Waals surface area (Å²) >= 11 is 1.29. The highest BCUT2D eigenvalue weighted by Crippen LogP contribution is 2.46. The third-order valence-electron chi connectivity index (χ3n) is 3.84. The second-order valence-electron chi connectivity index (χ2n) is 5.63. The van der Waals surface area contributed by atoms with Crippen molar-refractivity contribution in [2.75, 3.05) is 0 Å². The summed E-state index contributed by atoms with van der Waals surface area (Å²) in [5.74, 6) is 1.21. The Kier molecular flexibility index (Phi) is 3.06. The predicted molar refractivity (Wildman–Crippen MR) is 76.2 cm³/mol. The molecule has 0 saturated heterocycles. The van der Waals surface area contributed by atoms with E-state index in [1.807, 2.05) is 0 Å². The van der Waals surface area contributed by atoms with Crippen LogP contribution in [0.4, 0.5) is 4.39 Å². The highest BCUT2D eigenvalue weighted by atomic mass is 32.2. The molecule has 1 aromatic heterocycles. The zero-order valence-electron chi connectivity index (χ0n) is 11.3. The Morgan fingerprint density at radius 2 is 2.05 bits per heavy atom. The van der Waals surface area contributed by atoms with Crippen molar-refractivity contribution in [2.24, 2.45) is 0 Å². The molecule has 2 aliphatic rings. The van der Waals surface area contributed by atoms with E-state index in [1.54, 1.807) is 12.1 Å². The van der Waals surface area contributed by atoms with Gasteiger partial charge in [-0.3, -0.25) is 4.79 Å². The number of aromatic nitrogens is 3. The molecule has 2 fully saturated rings. The van der Waals surface area contributed by atoms with Crippen LogP contribution in [0.15, 0.2) is 28.3 Å². The first-order valence-corrected chi connectivity index (χ1v) is 7.95. The van der Waals surface area contributed by atoms with Crippen LogP contribution in [0.1, 0.15) is 53.8 Å². The molecule has 0 aliphatic heterocycles. The van der Waals surface area contributed by atoms with E-state index in [2.05, 4.69) is 14.8 Å². The van der Waals surface area contributed by atoms with Crippen molar-refractivity contribution in [3.05, 3.63) is 35.4 Å². The molecule has 1 heterocycles. The summed E-state index contributed by atoms with van der Waals surface area (Å²) in [5.41, 5.74) is 0.346. The fraction of sp³-hybridized carbons (Fsp3) is 0.400. The fourth-order valence-corrected chi connectivity index (χ4v) is 3.34. The van der Waals surface area contributed by atoms with Gasteiger partial charge >= 0.3 is 0 Å². The zero-order chi connectivity index (χ0) is 14.4. The molecule has 0 atom stereocenters. The van der Waals surface area contributed by atoms with Gasteiger partial charge in [-0.2, -0.15) is 0 Å². The maximum atomic E-state index is 14.0. The van der Waals surface area contributed by atoms with Crippen molar-refractivity contribution in [3.63, 3.8) is 0 Å². The lowest BCUT2D eigenvalue weighted by atomic mass is 10.2. The molecule has 6 heteroatoms. The van der Waals surface area contributed by atoms with E-state index in [9.17, 15) is 9.18 Å². The molecule has 21 heavy (non-hydrogen) atoms. The first kappa shape index (κ1) is 13.0. The zero-order valence-corrected chi connectivity index (χ0v) is 12.1. The molecule has 0 unspecified atom stereocenters. The van der Waals surface area contributed by atoms with Crippen LogP contribution < -0.4 is 0 Å². The molecule has 0 radical (unpaired) electrons. The van der Waals surface area contributed by atoms with Gasteiger partial charge in [0.15, 0.2) is 5.16 Å². The normalized spacial score (nSPS) is 18.0. The van der Waals surface area contributed by atoms with Gasteiger partial charge in [0, 0.05) is 17.5 Å². The average molecular weight is 303 g/mol. The minimum atomic E-state index is -0.386. The number of nitrogens with zero attached hydrogens (tertiary/aromatic N) is 3. The lowest BCUT2D eigenvalue weighted by molar-refractivity contribution is 0.112. The molecule has 0 spiro atoms. The van der Waals surface area contributed by atoms with Gasteiger partial charge in [0.05, 0.1) is 4.90 Å². The Bertz CT molecular complexity index is 707. The lowest BCUT2D eigenvalue weighted by Crippen LogP contribution is -2.02. The number of halogens is 1. The number of aldehydes is 1. The molecular weight excluding hydrogens is 289 g/mol. The molecule has 108 valence electrons. The molecule has 0 N–H and O–H groups in total. The van der Waals surface area contributed by atoms with E-state index in [0.717, 1.165) is 23.8 Å². The van der Waals surface area contributed by atoms with Gasteiger partial charge < -0.3 is 4.57 Å². The number of carbonyl (C=O) groups is 1. The summed E-state index contributed by atoms with van der Waals surface area (Å²) < 4.78 is 16.2. The van der Waals surface area contributed by atoms with Crippen LogP contribution in [0.25, 0.3) is 0 Å². The maximum Gasteiger partial charge on any atom is 0.196 e. The van der Waals surface area contributed by atoms with Gasteiger partial charge in [0.2, 0.25) is 0 Å². The Labute approximate surface area is 125 Å². The molecule has 4 rings (SSSR count). The first-order chi connectivity index (χ1) is 10.3. The van der Waals surface area contributed by atoms with E-state index in [-0.39, 0.29) is 5.82 Å². The molecule has 2 aromatic rings. The monoisotopic (exact) mass is 303 g/mol. The van der Waals surface area contributed by atoms with Gasteiger partial charge in [-0.25, -0.2) is 4.39 Å². The molecular formula is C15H14FN3OS. The summed E-state index contributed by atoms with van der Waals surface area (Å²) in [4.78, 5) is 11.1. The quantitative estimate of drug-likeness (QED) is 0.792. The third-order valence-corrected chi connectivity index (χ3v) is 4.85. The second kappa shape index (κ2) is 4.94. The summed E-state index contributed by atoms with van der Waals surface area (Å²) in [6.45, 7) is 0. The predicted octanol–water partition coefficient (Wildman–Crippen LogP) is 3.59. The molecule has 0 amide bonds. The van der Waals surface area contributed by atoms with E-state index < -0.39 is 0 Å². The minimum Gasteiger partial charge on any atom is -0.302 e. The highest BCUT2D eigenvalue weighted by Gasteiger charge is 2.36.